The van der Waals surface area contributed by atoms with Crippen molar-refractivity contribution < 1.29 is 32.2 Å². The summed E-state index contributed by atoms with van der Waals surface area (Å²) in [5.41, 5.74) is 4.24. The molecule has 8 heteroatoms. The first kappa shape index (κ1) is 39.1. The molecule has 0 fully saturated rings. The van der Waals surface area contributed by atoms with Crippen molar-refractivity contribution in [1.29, 1.82) is 0 Å². The van der Waals surface area contributed by atoms with Crippen LogP contribution in [0.1, 0.15) is 121 Å². The molecule has 0 N–H and O–H groups in total. The largest absolute Gasteiger partial charge is 0.494 e. The van der Waals surface area contributed by atoms with Gasteiger partial charge in [-0.25, -0.2) is 4.79 Å². The maximum absolute atomic E-state index is 12.4. The monoisotopic (exact) mass is 669 g/mol. The third-order valence-corrected chi connectivity index (χ3v) is 8.48. The summed E-state index contributed by atoms with van der Waals surface area (Å²) >= 11 is 0. The van der Waals surface area contributed by atoms with E-state index in [4.69, 9.17) is 14.2 Å². The molecule has 1 unspecified atom stereocenters. The highest BCUT2D eigenvalue weighted by Crippen LogP contribution is 2.25. The lowest BCUT2D eigenvalue weighted by molar-refractivity contribution is -0.214. The quantitative estimate of drug-likeness (QED) is 0.0702. The Balaban J connectivity index is 1.30. The lowest BCUT2D eigenvalue weighted by Gasteiger charge is -2.16. The average Bonchev–Trinajstić information content (AvgIpc) is 3.09. The van der Waals surface area contributed by atoms with Gasteiger partial charge >= 0.3 is 12.1 Å². The zero-order valence-electron chi connectivity index (χ0n) is 28.9. The topological polar surface area (TPSA) is 57.7 Å². The number of ether oxygens (including phenoxy) is 3. The summed E-state index contributed by atoms with van der Waals surface area (Å²) in [4.78, 5) is 17.1. The van der Waals surface area contributed by atoms with Gasteiger partial charge in [0, 0.05) is 23.9 Å². The molecule has 0 saturated carbocycles. The lowest BCUT2D eigenvalue weighted by Crippen LogP contribution is -2.28. The summed E-state index contributed by atoms with van der Waals surface area (Å²) in [6.07, 6.45) is 12.9. The molecule has 1 aromatic heterocycles. The van der Waals surface area contributed by atoms with Crippen LogP contribution >= 0.6 is 0 Å². The number of esters is 1. The van der Waals surface area contributed by atoms with E-state index in [1.54, 1.807) is 12.1 Å². The zero-order chi connectivity index (χ0) is 34.5. The number of benzene rings is 2. The summed E-state index contributed by atoms with van der Waals surface area (Å²) in [5.74, 6) is 0.479. The predicted octanol–water partition coefficient (Wildman–Crippen LogP) is 11.8. The standard InChI is InChI=1S/C40H54F3NO4/c1-3-4-5-6-7-8-9-10-11-12-16-29-47-37-25-22-34(23-26-37)38-27-24-36(31-44-38)33-18-20-35(21-19-33)39(45)48-30-17-14-13-15-28-46-32(2)40(41,42)43/h18-27,31-32H,3-17,28-30H2,1-2H3. The van der Waals surface area contributed by atoms with Crippen LogP contribution in [0.4, 0.5) is 13.2 Å². The highest BCUT2D eigenvalue weighted by molar-refractivity contribution is 5.90. The van der Waals surface area contributed by atoms with Gasteiger partial charge in [0.15, 0.2) is 6.10 Å². The first-order valence-electron chi connectivity index (χ1n) is 17.9. The number of unbranched alkanes of at least 4 members (excludes halogenated alkanes) is 13. The summed E-state index contributed by atoms with van der Waals surface area (Å²) < 4.78 is 53.4. The Labute approximate surface area is 285 Å². The molecule has 0 spiro atoms. The molecular weight excluding hydrogens is 615 g/mol. The highest BCUT2D eigenvalue weighted by Gasteiger charge is 2.36. The Morgan fingerprint density at radius 3 is 1.73 bits per heavy atom. The van der Waals surface area contributed by atoms with Crippen LogP contribution in [0.5, 0.6) is 5.75 Å². The third-order valence-electron chi connectivity index (χ3n) is 8.48. The van der Waals surface area contributed by atoms with Gasteiger partial charge in [-0.3, -0.25) is 4.98 Å². The second-order valence-electron chi connectivity index (χ2n) is 12.5. The van der Waals surface area contributed by atoms with Crippen molar-refractivity contribution in [3.63, 3.8) is 0 Å². The molecule has 264 valence electrons. The molecule has 3 rings (SSSR count). The Morgan fingerprint density at radius 1 is 0.646 bits per heavy atom. The first-order chi connectivity index (χ1) is 23.3. The maximum atomic E-state index is 12.4. The van der Waals surface area contributed by atoms with Crippen LogP contribution in [0.2, 0.25) is 0 Å². The maximum Gasteiger partial charge on any atom is 0.414 e. The van der Waals surface area contributed by atoms with E-state index in [-0.39, 0.29) is 13.2 Å². The van der Waals surface area contributed by atoms with Crippen LogP contribution in [0, 0.1) is 0 Å². The van der Waals surface area contributed by atoms with Crippen LogP contribution in [0.3, 0.4) is 0 Å². The van der Waals surface area contributed by atoms with Crippen molar-refractivity contribution in [3.8, 4) is 28.1 Å². The normalized spacial score (nSPS) is 12.2. The van der Waals surface area contributed by atoms with E-state index >= 15 is 0 Å². The van der Waals surface area contributed by atoms with Crippen molar-refractivity contribution in [2.45, 2.75) is 122 Å². The van der Waals surface area contributed by atoms with E-state index in [0.717, 1.165) is 54.5 Å². The van der Waals surface area contributed by atoms with Crippen molar-refractivity contribution in [3.05, 3.63) is 72.4 Å². The van der Waals surface area contributed by atoms with E-state index in [1.165, 1.54) is 64.2 Å². The van der Waals surface area contributed by atoms with Gasteiger partial charge in [-0.1, -0.05) is 95.8 Å². The number of rotatable bonds is 24. The molecule has 0 radical (unpaired) electrons. The van der Waals surface area contributed by atoms with Crippen LogP contribution in [-0.2, 0) is 9.47 Å². The SMILES string of the molecule is CCCCCCCCCCCCCOc1ccc(-c2ccc(-c3ccc(C(=O)OCCCCCCOC(C)C(F)(F)F)cc3)cn2)cc1. The van der Waals surface area contributed by atoms with Gasteiger partial charge in [0.1, 0.15) is 5.75 Å². The van der Waals surface area contributed by atoms with E-state index in [9.17, 15) is 18.0 Å². The van der Waals surface area contributed by atoms with Crippen molar-refractivity contribution in [1.82, 2.24) is 4.98 Å². The number of alkyl halides is 3. The number of carbonyl (C=O) groups excluding carboxylic acids is 1. The molecule has 0 aliphatic carbocycles. The second kappa shape index (κ2) is 22.3. The molecule has 1 atom stereocenters. The van der Waals surface area contributed by atoms with Gasteiger partial charge < -0.3 is 14.2 Å². The minimum atomic E-state index is -4.33. The van der Waals surface area contributed by atoms with E-state index < -0.39 is 18.2 Å². The highest BCUT2D eigenvalue weighted by atomic mass is 19.4. The number of halogens is 3. The summed E-state index contributed by atoms with van der Waals surface area (Å²) in [6.45, 7) is 4.34. The minimum Gasteiger partial charge on any atom is -0.494 e. The fourth-order valence-corrected chi connectivity index (χ4v) is 5.37. The lowest BCUT2D eigenvalue weighted by atomic mass is 10.0. The number of pyridine rings is 1. The molecular formula is C40H54F3NO4. The zero-order valence-corrected chi connectivity index (χ0v) is 28.9. The predicted molar refractivity (Wildman–Crippen MR) is 187 cm³/mol. The van der Waals surface area contributed by atoms with Crippen molar-refractivity contribution in [2.75, 3.05) is 19.8 Å². The third kappa shape index (κ3) is 15.2. The number of hydrogen-bond acceptors (Lipinski definition) is 5. The molecule has 1 heterocycles. The van der Waals surface area contributed by atoms with Gasteiger partial charge in [-0.05, 0) is 80.6 Å². The Bertz CT molecular complexity index is 1280. The van der Waals surface area contributed by atoms with Crippen LogP contribution < -0.4 is 4.74 Å². The van der Waals surface area contributed by atoms with Crippen LogP contribution in [0.15, 0.2) is 66.9 Å². The van der Waals surface area contributed by atoms with Gasteiger partial charge in [-0.15, -0.1) is 0 Å². The van der Waals surface area contributed by atoms with Crippen molar-refractivity contribution >= 4 is 5.97 Å². The molecule has 0 saturated heterocycles. The summed E-state index contributed by atoms with van der Waals surface area (Å²) in [5, 5.41) is 0. The van der Waals surface area contributed by atoms with Crippen LogP contribution in [-0.4, -0.2) is 43.1 Å². The molecule has 0 aliphatic heterocycles. The second-order valence-corrected chi connectivity index (χ2v) is 12.5. The van der Waals surface area contributed by atoms with Gasteiger partial charge in [0.25, 0.3) is 0 Å². The number of hydrogen-bond donors (Lipinski definition) is 0. The minimum absolute atomic E-state index is 0.0626. The van der Waals surface area contributed by atoms with Gasteiger partial charge in [-0.2, -0.15) is 13.2 Å². The fraction of sp³-hybridized carbons (Fsp3) is 0.550. The molecule has 3 aromatic rings. The van der Waals surface area contributed by atoms with Gasteiger partial charge in [0.05, 0.1) is 24.5 Å². The summed E-state index contributed by atoms with van der Waals surface area (Å²) in [6, 6.07) is 19.3. The molecule has 2 aromatic carbocycles. The van der Waals surface area contributed by atoms with E-state index in [1.807, 2.05) is 54.7 Å². The smallest absolute Gasteiger partial charge is 0.414 e. The number of nitrogens with zero attached hydrogens (tertiary/aromatic N) is 1. The first-order valence-corrected chi connectivity index (χ1v) is 17.9. The Morgan fingerprint density at radius 2 is 1.17 bits per heavy atom. The van der Waals surface area contributed by atoms with Crippen molar-refractivity contribution in [2.24, 2.45) is 0 Å². The molecule has 48 heavy (non-hydrogen) atoms. The van der Waals surface area contributed by atoms with Crippen LogP contribution in [0.25, 0.3) is 22.4 Å². The molecule has 0 amide bonds. The van der Waals surface area contributed by atoms with Gasteiger partial charge in [0.2, 0.25) is 0 Å². The number of carbonyl (C=O) groups is 1. The Hall–Kier alpha value is -3.39. The van der Waals surface area contributed by atoms with E-state index in [0.29, 0.717) is 24.8 Å². The molecule has 5 nitrogen and oxygen atoms in total. The molecule has 0 bridgehead atoms. The van der Waals surface area contributed by atoms with E-state index in [2.05, 4.69) is 11.9 Å². The summed E-state index contributed by atoms with van der Waals surface area (Å²) in [7, 11) is 0. The molecule has 0 aliphatic rings. The fourth-order valence-electron chi connectivity index (χ4n) is 5.37. The Kier molecular flexibility index (Phi) is 18.1. The average molecular weight is 670 g/mol. The number of aromatic nitrogens is 1.